The van der Waals surface area contributed by atoms with Crippen LogP contribution in [-0.2, 0) is 16.1 Å². The first-order valence-electron chi connectivity index (χ1n) is 5.46. The molecule has 1 heterocycles. The molecule has 0 bridgehead atoms. The molecule has 0 amide bonds. The van der Waals surface area contributed by atoms with E-state index >= 15 is 0 Å². The highest BCUT2D eigenvalue weighted by Crippen LogP contribution is 2.20. The van der Waals surface area contributed by atoms with Crippen LogP contribution in [0, 0.1) is 0 Å². The molecule has 0 atom stereocenters. The summed E-state index contributed by atoms with van der Waals surface area (Å²) in [6.07, 6.45) is 1.54. The Morgan fingerprint density at radius 2 is 2.26 bits per heavy atom. The maximum absolute atomic E-state index is 12.2. The first-order valence-corrected chi connectivity index (χ1v) is 6.25. The van der Waals surface area contributed by atoms with E-state index in [1.807, 2.05) is 0 Å². The topological polar surface area (TPSA) is 61.2 Å². The Morgan fingerprint density at radius 1 is 1.53 bits per heavy atom. The maximum atomic E-state index is 12.2. The molecule has 19 heavy (non-hydrogen) atoms. The first kappa shape index (κ1) is 13.5. The fourth-order valence-corrected chi connectivity index (χ4v) is 2.09. The van der Waals surface area contributed by atoms with Crippen molar-refractivity contribution in [1.29, 1.82) is 0 Å². The molecule has 2 aromatic rings. The maximum Gasteiger partial charge on any atom is 0.327 e. The summed E-state index contributed by atoms with van der Waals surface area (Å²) in [5.74, 6) is -0.527. The Labute approximate surface area is 117 Å². The van der Waals surface area contributed by atoms with E-state index in [1.54, 1.807) is 24.3 Å². The predicted octanol–water partition coefficient (Wildman–Crippen LogP) is 1.98. The van der Waals surface area contributed by atoms with Crippen LogP contribution >= 0.6 is 15.9 Å². The number of fused-ring (bicyclic) bond motifs is 1. The van der Waals surface area contributed by atoms with E-state index in [4.69, 9.17) is 0 Å². The quantitative estimate of drug-likeness (QED) is 0.811. The van der Waals surface area contributed by atoms with Crippen LogP contribution in [0.5, 0.6) is 0 Å². The van der Waals surface area contributed by atoms with Crippen molar-refractivity contribution in [3.05, 3.63) is 45.3 Å². The Bertz CT molecular complexity index is 722. The van der Waals surface area contributed by atoms with Crippen molar-refractivity contribution in [2.45, 2.75) is 6.54 Å². The number of hydrogen-bond donors (Lipinski definition) is 0. The normalized spacial score (nSPS) is 10.4. The van der Waals surface area contributed by atoms with E-state index in [2.05, 4.69) is 32.3 Å². The van der Waals surface area contributed by atoms with Crippen molar-refractivity contribution in [3.8, 4) is 0 Å². The fraction of sp³-hybridized carbons (Fsp3) is 0.154. The lowest BCUT2D eigenvalue weighted by molar-refractivity contribution is -0.141. The number of carbonyl (C=O) groups excluding carboxylic acids is 1. The summed E-state index contributed by atoms with van der Waals surface area (Å²) in [6.45, 7) is 3.45. The van der Waals surface area contributed by atoms with Gasteiger partial charge in [0.1, 0.15) is 6.54 Å². The van der Waals surface area contributed by atoms with Crippen molar-refractivity contribution >= 4 is 38.7 Å². The molecule has 0 unspecified atom stereocenters. The van der Waals surface area contributed by atoms with Gasteiger partial charge in [-0.05, 0) is 24.3 Å². The number of esters is 1. The van der Waals surface area contributed by atoms with Crippen LogP contribution in [0.2, 0.25) is 0 Å². The van der Waals surface area contributed by atoms with Gasteiger partial charge in [-0.2, -0.15) is 5.10 Å². The number of carbonyl (C=O) groups is 1. The Morgan fingerprint density at radius 3 is 2.89 bits per heavy atom. The molecule has 0 saturated heterocycles. The third-order valence-corrected chi connectivity index (χ3v) is 3.14. The SMILES string of the molecule is C=Cc1nn(CC(=O)OC)c(=O)c2ccc(Br)cc12. The average molecular weight is 323 g/mol. The summed E-state index contributed by atoms with van der Waals surface area (Å²) in [6, 6.07) is 5.24. The molecule has 0 aliphatic carbocycles. The van der Waals surface area contributed by atoms with E-state index in [0.717, 1.165) is 9.15 Å². The number of halogens is 1. The molecule has 2 rings (SSSR count). The van der Waals surface area contributed by atoms with Crippen LogP contribution in [0.15, 0.2) is 34.0 Å². The number of nitrogens with zero attached hydrogens (tertiary/aromatic N) is 2. The minimum Gasteiger partial charge on any atom is -0.468 e. The third-order valence-electron chi connectivity index (χ3n) is 2.65. The Kier molecular flexibility index (Phi) is 3.80. The van der Waals surface area contributed by atoms with Crippen LogP contribution in [0.3, 0.4) is 0 Å². The van der Waals surface area contributed by atoms with Crippen LogP contribution in [-0.4, -0.2) is 22.9 Å². The second-order valence-electron chi connectivity index (χ2n) is 3.82. The van der Waals surface area contributed by atoms with E-state index in [1.165, 1.54) is 7.11 Å². The fourth-order valence-electron chi connectivity index (χ4n) is 1.73. The summed E-state index contributed by atoms with van der Waals surface area (Å²) in [5.41, 5.74) is 0.207. The highest BCUT2D eigenvalue weighted by Gasteiger charge is 2.11. The van der Waals surface area contributed by atoms with Gasteiger partial charge in [0.25, 0.3) is 5.56 Å². The number of rotatable bonds is 3. The van der Waals surface area contributed by atoms with Gasteiger partial charge in [-0.15, -0.1) is 0 Å². The van der Waals surface area contributed by atoms with E-state index in [-0.39, 0.29) is 12.1 Å². The van der Waals surface area contributed by atoms with E-state index in [0.29, 0.717) is 16.5 Å². The van der Waals surface area contributed by atoms with Gasteiger partial charge in [0.2, 0.25) is 0 Å². The molecule has 1 aromatic heterocycles. The Balaban J connectivity index is 2.72. The molecule has 0 saturated carbocycles. The smallest absolute Gasteiger partial charge is 0.327 e. The minimum atomic E-state index is -0.527. The van der Waals surface area contributed by atoms with Gasteiger partial charge in [0.05, 0.1) is 18.2 Å². The van der Waals surface area contributed by atoms with Gasteiger partial charge >= 0.3 is 5.97 Å². The first-order chi connectivity index (χ1) is 9.06. The van der Waals surface area contributed by atoms with Crippen LogP contribution in [0.25, 0.3) is 16.8 Å². The molecule has 6 heteroatoms. The monoisotopic (exact) mass is 322 g/mol. The number of ether oxygens (including phenoxy) is 1. The van der Waals surface area contributed by atoms with Crippen LogP contribution in [0.1, 0.15) is 5.69 Å². The van der Waals surface area contributed by atoms with Crippen LogP contribution < -0.4 is 5.56 Å². The summed E-state index contributed by atoms with van der Waals surface area (Å²) >= 11 is 3.35. The zero-order valence-electron chi connectivity index (χ0n) is 10.2. The summed E-state index contributed by atoms with van der Waals surface area (Å²) in [4.78, 5) is 23.5. The second-order valence-corrected chi connectivity index (χ2v) is 4.73. The van der Waals surface area contributed by atoms with Crippen molar-refractivity contribution in [2.24, 2.45) is 0 Å². The number of benzene rings is 1. The van der Waals surface area contributed by atoms with Crippen LogP contribution in [0.4, 0.5) is 0 Å². The van der Waals surface area contributed by atoms with Gasteiger partial charge < -0.3 is 4.74 Å². The molecular formula is C13H11BrN2O3. The van der Waals surface area contributed by atoms with Gasteiger partial charge in [-0.1, -0.05) is 22.5 Å². The third kappa shape index (κ3) is 2.58. The molecule has 0 N–H and O–H groups in total. The molecule has 0 fully saturated rings. The standard InChI is InChI=1S/C13H11BrN2O3/c1-3-11-10-6-8(14)4-5-9(10)13(18)16(15-11)7-12(17)19-2/h3-6H,1,7H2,2H3. The number of hydrogen-bond acceptors (Lipinski definition) is 4. The molecular weight excluding hydrogens is 312 g/mol. The molecule has 0 radical (unpaired) electrons. The van der Waals surface area contributed by atoms with Crippen molar-refractivity contribution < 1.29 is 9.53 Å². The van der Waals surface area contributed by atoms with Gasteiger partial charge in [0.15, 0.2) is 0 Å². The summed E-state index contributed by atoms with van der Waals surface area (Å²) < 4.78 is 6.47. The van der Waals surface area contributed by atoms with Gasteiger partial charge in [0, 0.05) is 9.86 Å². The lowest BCUT2D eigenvalue weighted by Crippen LogP contribution is -2.28. The summed E-state index contributed by atoms with van der Waals surface area (Å²) in [5, 5.41) is 5.29. The van der Waals surface area contributed by atoms with Gasteiger partial charge in [-0.25, -0.2) is 4.68 Å². The van der Waals surface area contributed by atoms with Gasteiger partial charge in [-0.3, -0.25) is 9.59 Å². The predicted molar refractivity (Wildman–Crippen MR) is 75.8 cm³/mol. The highest BCUT2D eigenvalue weighted by molar-refractivity contribution is 9.10. The second kappa shape index (κ2) is 5.36. The molecule has 5 nitrogen and oxygen atoms in total. The minimum absolute atomic E-state index is 0.220. The largest absolute Gasteiger partial charge is 0.468 e. The lowest BCUT2D eigenvalue weighted by atomic mass is 10.1. The number of methoxy groups -OCH3 is 1. The average Bonchev–Trinajstić information content (AvgIpc) is 2.41. The molecule has 0 aliphatic rings. The molecule has 0 spiro atoms. The van der Waals surface area contributed by atoms with Crippen molar-refractivity contribution in [3.63, 3.8) is 0 Å². The van der Waals surface area contributed by atoms with Crippen molar-refractivity contribution in [2.75, 3.05) is 7.11 Å². The molecule has 0 aliphatic heterocycles. The molecule has 1 aromatic carbocycles. The van der Waals surface area contributed by atoms with E-state index < -0.39 is 5.97 Å². The van der Waals surface area contributed by atoms with E-state index in [9.17, 15) is 9.59 Å². The van der Waals surface area contributed by atoms with Crippen molar-refractivity contribution in [1.82, 2.24) is 9.78 Å². The zero-order chi connectivity index (χ0) is 14.0. The number of aromatic nitrogens is 2. The highest BCUT2D eigenvalue weighted by atomic mass is 79.9. The zero-order valence-corrected chi connectivity index (χ0v) is 11.8. The lowest BCUT2D eigenvalue weighted by Gasteiger charge is -2.08. The Hall–Kier alpha value is -1.95. The molecule has 98 valence electrons. The summed E-state index contributed by atoms with van der Waals surface area (Å²) in [7, 11) is 1.26.